The summed E-state index contributed by atoms with van der Waals surface area (Å²) >= 11 is 1.86. The van der Waals surface area contributed by atoms with E-state index in [4.69, 9.17) is 0 Å². The molecule has 0 spiro atoms. The van der Waals surface area contributed by atoms with E-state index in [1.807, 2.05) is 11.3 Å². The van der Waals surface area contributed by atoms with Gasteiger partial charge < -0.3 is 4.90 Å². The Balaban J connectivity index is 1.18. The second-order valence-electron chi connectivity index (χ2n) is 11.8. The van der Waals surface area contributed by atoms with E-state index in [1.54, 1.807) is 0 Å². The van der Waals surface area contributed by atoms with Gasteiger partial charge in [0, 0.05) is 37.2 Å². The molecule has 1 aromatic heterocycles. The lowest BCUT2D eigenvalue weighted by Crippen LogP contribution is -2.09. The molecular weight excluding hydrogens is 575 g/mol. The Labute approximate surface area is 272 Å². The number of hydrogen-bond donors (Lipinski definition) is 0. The predicted molar refractivity (Wildman–Crippen MR) is 200 cm³/mol. The molecule has 0 fully saturated rings. The third-order valence-corrected chi connectivity index (χ3v) is 10.2. The molecule has 0 atom stereocenters. The van der Waals surface area contributed by atoms with Gasteiger partial charge in [-0.25, -0.2) is 0 Å². The van der Waals surface area contributed by atoms with E-state index in [1.165, 1.54) is 64.0 Å². The van der Waals surface area contributed by atoms with Crippen molar-refractivity contribution in [3.05, 3.63) is 176 Å². The summed E-state index contributed by atoms with van der Waals surface area (Å²) in [5.74, 6) is 0. The van der Waals surface area contributed by atoms with Gasteiger partial charge in [0.15, 0.2) is 0 Å². The summed E-state index contributed by atoms with van der Waals surface area (Å²) in [6.45, 7) is 0. The zero-order valence-electron chi connectivity index (χ0n) is 25.1. The maximum Gasteiger partial charge on any atom is 0.0476 e. The molecule has 0 amide bonds. The fraction of sp³-hybridized carbons (Fsp3) is 0. The van der Waals surface area contributed by atoms with Gasteiger partial charge in [-0.05, 0) is 92.3 Å². The zero-order chi connectivity index (χ0) is 30.5. The molecule has 0 bridgehead atoms. The molecule has 0 aliphatic heterocycles. The van der Waals surface area contributed by atoms with Gasteiger partial charge in [-0.3, -0.25) is 0 Å². The van der Waals surface area contributed by atoms with Crippen molar-refractivity contribution < 1.29 is 0 Å². The van der Waals surface area contributed by atoms with Crippen molar-refractivity contribution in [2.45, 2.75) is 0 Å². The number of benzene rings is 8. The molecule has 1 heterocycles. The van der Waals surface area contributed by atoms with Crippen LogP contribution in [0.3, 0.4) is 0 Å². The van der Waals surface area contributed by atoms with Crippen LogP contribution in [0.25, 0.3) is 64.0 Å². The number of nitrogens with zero attached hydrogens (tertiary/aromatic N) is 1. The van der Waals surface area contributed by atoms with E-state index in [9.17, 15) is 0 Å². The van der Waals surface area contributed by atoms with Crippen LogP contribution in [0.2, 0.25) is 0 Å². The lowest BCUT2D eigenvalue weighted by atomic mass is 9.97. The first-order valence-electron chi connectivity index (χ1n) is 15.7. The monoisotopic (exact) mass is 603 g/mol. The molecule has 0 saturated heterocycles. The molecular formula is C44H29NS. The minimum absolute atomic E-state index is 1.13. The molecule has 9 aromatic rings. The molecule has 1 nitrogen and oxygen atoms in total. The highest BCUT2D eigenvalue weighted by Gasteiger charge is 2.16. The van der Waals surface area contributed by atoms with Gasteiger partial charge in [-0.1, -0.05) is 127 Å². The van der Waals surface area contributed by atoms with Crippen LogP contribution in [-0.4, -0.2) is 0 Å². The number of fused-ring (bicyclic) bond motifs is 6. The Morgan fingerprint density at radius 2 is 0.804 bits per heavy atom. The molecule has 0 radical (unpaired) electrons. The Bertz CT molecular complexity index is 2510. The Morgan fingerprint density at radius 3 is 1.54 bits per heavy atom. The van der Waals surface area contributed by atoms with Gasteiger partial charge in [0.2, 0.25) is 0 Å². The van der Waals surface area contributed by atoms with Gasteiger partial charge in [0.1, 0.15) is 0 Å². The second-order valence-corrected chi connectivity index (χ2v) is 12.9. The Morgan fingerprint density at radius 1 is 0.304 bits per heavy atom. The first-order valence-corrected chi connectivity index (χ1v) is 16.5. The lowest BCUT2D eigenvalue weighted by molar-refractivity contribution is 1.30. The zero-order valence-corrected chi connectivity index (χ0v) is 25.9. The number of hydrogen-bond acceptors (Lipinski definition) is 2. The molecule has 2 heteroatoms. The van der Waals surface area contributed by atoms with Crippen molar-refractivity contribution in [1.29, 1.82) is 0 Å². The first-order chi connectivity index (χ1) is 22.8. The largest absolute Gasteiger partial charge is 0.310 e. The highest BCUT2D eigenvalue weighted by Crippen LogP contribution is 2.42. The van der Waals surface area contributed by atoms with Crippen LogP contribution in [0, 0.1) is 0 Å². The molecule has 9 rings (SSSR count). The average molecular weight is 604 g/mol. The van der Waals surface area contributed by atoms with Gasteiger partial charge >= 0.3 is 0 Å². The molecule has 216 valence electrons. The van der Waals surface area contributed by atoms with Crippen molar-refractivity contribution in [1.82, 2.24) is 0 Å². The van der Waals surface area contributed by atoms with Gasteiger partial charge in [0.05, 0.1) is 0 Å². The smallest absolute Gasteiger partial charge is 0.0476 e. The van der Waals surface area contributed by atoms with E-state index in [-0.39, 0.29) is 0 Å². The van der Waals surface area contributed by atoms with Crippen molar-refractivity contribution in [2.75, 3.05) is 4.90 Å². The van der Waals surface area contributed by atoms with E-state index >= 15 is 0 Å². The fourth-order valence-electron chi connectivity index (χ4n) is 6.74. The minimum Gasteiger partial charge on any atom is -0.310 e. The second kappa shape index (κ2) is 11.0. The fourth-order valence-corrected chi connectivity index (χ4v) is 7.88. The lowest BCUT2D eigenvalue weighted by Gasteiger charge is -2.26. The maximum atomic E-state index is 2.39. The van der Waals surface area contributed by atoms with Gasteiger partial charge in [-0.2, -0.15) is 0 Å². The number of rotatable bonds is 5. The van der Waals surface area contributed by atoms with Crippen molar-refractivity contribution in [2.24, 2.45) is 0 Å². The summed E-state index contributed by atoms with van der Waals surface area (Å²) in [7, 11) is 0. The minimum atomic E-state index is 1.13. The molecule has 8 aromatic carbocycles. The average Bonchev–Trinajstić information content (AvgIpc) is 3.50. The molecule has 46 heavy (non-hydrogen) atoms. The number of thiophene rings is 1. The van der Waals surface area contributed by atoms with Crippen LogP contribution in [-0.2, 0) is 0 Å². The van der Waals surface area contributed by atoms with E-state index in [0.717, 1.165) is 17.1 Å². The Hall–Kier alpha value is -5.70. The predicted octanol–water partition coefficient (Wildman–Crippen LogP) is 13.2. The van der Waals surface area contributed by atoms with E-state index < -0.39 is 0 Å². The summed E-state index contributed by atoms with van der Waals surface area (Å²) in [5.41, 5.74) is 8.34. The highest BCUT2D eigenvalue weighted by atomic mass is 32.1. The summed E-state index contributed by atoms with van der Waals surface area (Å²) in [5, 5.41) is 7.65. The first kappa shape index (κ1) is 26.7. The maximum absolute atomic E-state index is 2.39. The Kier molecular flexibility index (Phi) is 6.40. The van der Waals surface area contributed by atoms with Gasteiger partial charge in [0.25, 0.3) is 0 Å². The van der Waals surface area contributed by atoms with Crippen molar-refractivity contribution in [3.8, 4) is 22.3 Å². The van der Waals surface area contributed by atoms with E-state index in [2.05, 4.69) is 181 Å². The van der Waals surface area contributed by atoms with Crippen molar-refractivity contribution >= 4 is 70.1 Å². The van der Waals surface area contributed by atoms with Crippen LogP contribution in [0.4, 0.5) is 17.1 Å². The molecule has 0 unspecified atom stereocenters. The van der Waals surface area contributed by atoms with E-state index in [0.29, 0.717) is 0 Å². The van der Waals surface area contributed by atoms with Gasteiger partial charge in [-0.15, -0.1) is 11.3 Å². The van der Waals surface area contributed by atoms with Crippen LogP contribution in [0.5, 0.6) is 0 Å². The third kappa shape index (κ3) is 4.63. The highest BCUT2D eigenvalue weighted by molar-refractivity contribution is 7.25. The standard InChI is InChI=1S/C44H29NS/c1-3-9-30(10-4-1)32-17-20-36(21-18-32)45(38-23-26-42-41-13-7-8-14-43(41)46-44(42)29-38)37-22-25-40-35(28-37)16-15-34-27-33(19-24-39(34)40)31-11-5-2-6-12-31/h1-29H. The quantitative estimate of drug-likeness (QED) is 0.177. The summed E-state index contributed by atoms with van der Waals surface area (Å²) in [6.07, 6.45) is 0. The summed E-state index contributed by atoms with van der Waals surface area (Å²) in [6, 6.07) is 64.0. The SMILES string of the molecule is c1ccc(-c2ccc(N(c3ccc4c(ccc5cc(-c6ccccc6)ccc54)c3)c3ccc4c(c3)sc3ccccc34)cc2)cc1. The normalized spacial score (nSPS) is 11.5. The third-order valence-electron chi connectivity index (χ3n) is 9.04. The van der Waals surface area contributed by atoms with Crippen LogP contribution < -0.4 is 4.90 Å². The topological polar surface area (TPSA) is 3.24 Å². The van der Waals surface area contributed by atoms with Crippen molar-refractivity contribution in [3.63, 3.8) is 0 Å². The van der Waals surface area contributed by atoms with Crippen LogP contribution >= 0.6 is 11.3 Å². The molecule has 0 aliphatic rings. The summed E-state index contributed by atoms with van der Waals surface area (Å²) in [4.78, 5) is 2.39. The molecule has 0 aliphatic carbocycles. The summed E-state index contributed by atoms with van der Waals surface area (Å²) < 4.78 is 2.62. The molecule has 0 saturated carbocycles. The van der Waals surface area contributed by atoms with Crippen LogP contribution in [0.15, 0.2) is 176 Å². The molecule has 0 N–H and O–H groups in total. The number of anilines is 3. The van der Waals surface area contributed by atoms with Crippen LogP contribution in [0.1, 0.15) is 0 Å².